The van der Waals surface area contributed by atoms with Crippen LogP contribution in [0.4, 0.5) is 4.79 Å². The molecule has 0 spiro atoms. The Hall–Kier alpha value is -2.32. The van der Waals surface area contributed by atoms with Gasteiger partial charge in [-0.25, -0.2) is 4.79 Å². The number of imide groups is 1. The van der Waals surface area contributed by atoms with E-state index in [1.165, 1.54) is 6.08 Å². The zero-order valence-corrected chi connectivity index (χ0v) is 20.1. The first-order valence-electron chi connectivity index (χ1n) is 9.72. The van der Waals surface area contributed by atoms with Gasteiger partial charge in [-0.2, -0.15) is 0 Å². The molecule has 32 heavy (non-hydrogen) atoms. The average Bonchev–Trinajstić information content (AvgIpc) is 3.01. The molecule has 2 aliphatic heterocycles. The van der Waals surface area contributed by atoms with Gasteiger partial charge in [-0.15, -0.1) is 0 Å². The second-order valence-corrected chi connectivity index (χ2v) is 8.86. The molecule has 0 unspecified atom stereocenters. The number of thioether (sulfide) groups is 1. The summed E-state index contributed by atoms with van der Waals surface area (Å²) >= 11 is 2.74. The molecule has 0 atom stereocenters. The Bertz CT molecular complexity index is 961. The van der Waals surface area contributed by atoms with Crippen molar-refractivity contribution in [3.05, 3.63) is 26.2 Å². The van der Waals surface area contributed by atoms with Gasteiger partial charge in [0.2, 0.25) is 5.91 Å². The number of nitrogens with zero attached hydrogens (tertiary/aromatic N) is 2. The van der Waals surface area contributed by atoms with Gasteiger partial charge >= 0.3 is 5.97 Å². The van der Waals surface area contributed by atoms with Crippen LogP contribution in [-0.2, 0) is 19.1 Å². The van der Waals surface area contributed by atoms with E-state index in [-0.39, 0.29) is 23.1 Å². The molecule has 2 heterocycles. The normalized spacial score (nSPS) is 17.8. The predicted octanol–water partition coefficient (Wildman–Crippen LogP) is 2.05. The van der Waals surface area contributed by atoms with E-state index in [0.29, 0.717) is 47.8 Å². The Kier molecular flexibility index (Phi) is 8.37. The van der Waals surface area contributed by atoms with Crippen molar-refractivity contribution in [2.75, 3.05) is 46.1 Å². The highest BCUT2D eigenvalue weighted by atomic mass is 127. The first kappa shape index (κ1) is 24.3. The SMILES string of the molecule is CCOc1cc(/C=C2/SC(=O)N(CC(=O)N3CCOCC3)C2=O)cc(I)c1OCC(=O)O. The smallest absolute Gasteiger partial charge is 0.341 e. The van der Waals surface area contributed by atoms with Crippen LogP contribution in [0.2, 0.25) is 0 Å². The predicted molar refractivity (Wildman–Crippen MR) is 124 cm³/mol. The first-order chi connectivity index (χ1) is 15.3. The molecule has 0 radical (unpaired) electrons. The van der Waals surface area contributed by atoms with Gasteiger partial charge in [-0.05, 0) is 65.0 Å². The van der Waals surface area contributed by atoms with Gasteiger partial charge in [-0.3, -0.25) is 19.3 Å². The lowest BCUT2D eigenvalue weighted by molar-refractivity contribution is -0.139. The number of rotatable bonds is 8. The minimum absolute atomic E-state index is 0.183. The van der Waals surface area contributed by atoms with Crippen LogP contribution in [-0.4, -0.2) is 84.0 Å². The Morgan fingerprint density at radius 2 is 1.97 bits per heavy atom. The zero-order chi connectivity index (χ0) is 23.3. The summed E-state index contributed by atoms with van der Waals surface area (Å²) in [5.74, 6) is -1.34. The molecule has 0 aliphatic carbocycles. The number of carbonyl (C=O) groups excluding carboxylic acids is 3. The maximum atomic E-state index is 12.8. The monoisotopic (exact) mass is 576 g/mol. The van der Waals surface area contributed by atoms with Crippen LogP contribution < -0.4 is 9.47 Å². The molecule has 12 heteroatoms. The van der Waals surface area contributed by atoms with E-state index in [0.717, 1.165) is 16.7 Å². The zero-order valence-electron chi connectivity index (χ0n) is 17.2. The third-order valence-electron chi connectivity index (χ3n) is 4.50. The van der Waals surface area contributed by atoms with Gasteiger partial charge in [0.05, 0.1) is 28.3 Å². The number of benzene rings is 1. The second kappa shape index (κ2) is 11.0. The van der Waals surface area contributed by atoms with Crippen molar-refractivity contribution in [1.82, 2.24) is 9.80 Å². The maximum Gasteiger partial charge on any atom is 0.341 e. The molecule has 2 saturated heterocycles. The van der Waals surface area contributed by atoms with Crippen molar-refractivity contribution >= 4 is 63.5 Å². The van der Waals surface area contributed by atoms with Crippen LogP contribution >= 0.6 is 34.4 Å². The van der Waals surface area contributed by atoms with Crippen LogP contribution in [0.1, 0.15) is 12.5 Å². The molecule has 0 saturated carbocycles. The maximum absolute atomic E-state index is 12.8. The minimum Gasteiger partial charge on any atom is -0.490 e. The third-order valence-corrected chi connectivity index (χ3v) is 6.21. The number of amides is 3. The Labute approximate surface area is 202 Å². The average molecular weight is 576 g/mol. The highest BCUT2D eigenvalue weighted by molar-refractivity contribution is 14.1. The third kappa shape index (κ3) is 5.92. The number of hydrogen-bond acceptors (Lipinski definition) is 8. The van der Waals surface area contributed by atoms with Gasteiger partial charge in [0, 0.05) is 13.1 Å². The van der Waals surface area contributed by atoms with Gasteiger partial charge in [-0.1, -0.05) is 0 Å². The van der Waals surface area contributed by atoms with Crippen LogP contribution in [0.3, 0.4) is 0 Å². The molecule has 1 aromatic carbocycles. The lowest BCUT2D eigenvalue weighted by atomic mass is 10.2. The van der Waals surface area contributed by atoms with Crippen LogP contribution in [0.25, 0.3) is 6.08 Å². The Morgan fingerprint density at radius 1 is 1.25 bits per heavy atom. The lowest BCUT2D eigenvalue weighted by Crippen LogP contribution is -2.46. The van der Waals surface area contributed by atoms with Gasteiger partial charge < -0.3 is 24.2 Å². The molecule has 3 rings (SSSR count). The Morgan fingerprint density at radius 3 is 2.62 bits per heavy atom. The number of carbonyl (C=O) groups is 4. The standard InChI is InChI=1S/C20H21IN2O8S/c1-2-30-14-8-12(7-13(21)18(14)31-11-17(25)26)9-15-19(27)23(20(28)32-15)10-16(24)22-3-5-29-6-4-22/h7-9H,2-6,10-11H2,1H3,(H,25,26)/b15-9+. The van der Waals surface area contributed by atoms with Gasteiger partial charge in [0.25, 0.3) is 11.1 Å². The topological polar surface area (TPSA) is 123 Å². The summed E-state index contributed by atoms with van der Waals surface area (Å²) in [4.78, 5) is 51.1. The van der Waals surface area contributed by atoms with Crippen molar-refractivity contribution in [2.24, 2.45) is 0 Å². The molecule has 2 aliphatic rings. The molecule has 172 valence electrons. The van der Waals surface area contributed by atoms with Crippen molar-refractivity contribution in [1.29, 1.82) is 0 Å². The quantitative estimate of drug-likeness (QED) is 0.366. The minimum atomic E-state index is -1.12. The van der Waals surface area contributed by atoms with Crippen molar-refractivity contribution in [2.45, 2.75) is 6.92 Å². The fraction of sp³-hybridized carbons (Fsp3) is 0.400. The molecule has 10 nitrogen and oxygen atoms in total. The van der Waals surface area contributed by atoms with E-state index < -0.39 is 23.7 Å². The summed E-state index contributed by atoms with van der Waals surface area (Å²) in [6, 6.07) is 3.29. The highest BCUT2D eigenvalue weighted by Crippen LogP contribution is 2.37. The number of ether oxygens (including phenoxy) is 3. The summed E-state index contributed by atoms with van der Waals surface area (Å²) in [5.41, 5.74) is 0.575. The number of halogens is 1. The van der Waals surface area contributed by atoms with E-state index in [4.69, 9.17) is 19.3 Å². The molecule has 3 amide bonds. The number of carboxylic acid groups (broad SMARTS) is 1. The summed E-state index contributed by atoms with van der Waals surface area (Å²) < 4.78 is 16.7. The largest absolute Gasteiger partial charge is 0.490 e. The van der Waals surface area contributed by atoms with Crippen LogP contribution in [0.5, 0.6) is 11.5 Å². The molecule has 1 aromatic rings. The summed E-state index contributed by atoms with van der Waals surface area (Å²) in [6.07, 6.45) is 1.54. The van der Waals surface area contributed by atoms with Crippen molar-refractivity contribution in [3.63, 3.8) is 0 Å². The van der Waals surface area contributed by atoms with E-state index in [2.05, 4.69) is 0 Å². The molecule has 0 bridgehead atoms. The van der Waals surface area contributed by atoms with Crippen molar-refractivity contribution < 1.29 is 38.5 Å². The molecule has 0 aromatic heterocycles. The van der Waals surface area contributed by atoms with E-state index >= 15 is 0 Å². The second-order valence-electron chi connectivity index (χ2n) is 6.71. The fourth-order valence-electron chi connectivity index (χ4n) is 3.04. The number of hydrogen-bond donors (Lipinski definition) is 1. The highest BCUT2D eigenvalue weighted by Gasteiger charge is 2.37. The fourth-order valence-corrected chi connectivity index (χ4v) is 4.66. The van der Waals surface area contributed by atoms with Gasteiger partial charge in [0.15, 0.2) is 18.1 Å². The summed E-state index contributed by atoms with van der Waals surface area (Å²) in [6.45, 7) is 2.98. The Balaban J connectivity index is 1.78. The summed E-state index contributed by atoms with van der Waals surface area (Å²) in [7, 11) is 0. The number of morpholine rings is 1. The van der Waals surface area contributed by atoms with Crippen molar-refractivity contribution in [3.8, 4) is 11.5 Å². The lowest BCUT2D eigenvalue weighted by Gasteiger charge is -2.28. The van der Waals surface area contributed by atoms with Gasteiger partial charge in [0.1, 0.15) is 6.54 Å². The van der Waals surface area contributed by atoms with E-state index in [1.807, 2.05) is 22.6 Å². The molecule has 2 fully saturated rings. The molecular weight excluding hydrogens is 555 g/mol. The molecule has 1 N–H and O–H groups in total. The molecular formula is C20H21IN2O8S. The summed E-state index contributed by atoms with van der Waals surface area (Å²) in [5, 5.41) is 8.36. The van der Waals surface area contributed by atoms with Crippen LogP contribution in [0, 0.1) is 3.57 Å². The number of aliphatic carboxylic acids is 1. The number of carboxylic acids is 1. The van der Waals surface area contributed by atoms with Crippen LogP contribution in [0.15, 0.2) is 17.0 Å². The first-order valence-corrected chi connectivity index (χ1v) is 11.6. The van der Waals surface area contributed by atoms with E-state index in [1.54, 1.807) is 24.0 Å². The van der Waals surface area contributed by atoms with E-state index in [9.17, 15) is 19.2 Å².